The van der Waals surface area contributed by atoms with Gasteiger partial charge in [0.25, 0.3) is 0 Å². The number of aliphatic carboxylic acids is 2. The Morgan fingerprint density at radius 2 is 1.58 bits per heavy atom. The molecule has 0 saturated carbocycles. The van der Waals surface area contributed by atoms with Crippen LogP contribution in [0.25, 0.3) is 0 Å². The van der Waals surface area contributed by atoms with Crippen molar-refractivity contribution in [1.29, 1.82) is 0 Å². The molecular formula is C37H47Cl2N5O10S. The fourth-order valence-corrected chi connectivity index (χ4v) is 8.31. The van der Waals surface area contributed by atoms with Gasteiger partial charge in [-0.25, -0.2) is 23.0 Å². The fourth-order valence-electron chi connectivity index (χ4n) is 6.61. The summed E-state index contributed by atoms with van der Waals surface area (Å²) >= 11 is 12.1. The lowest BCUT2D eigenvalue weighted by molar-refractivity contribution is -0.141. The van der Waals surface area contributed by atoms with E-state index >= 15 is 0 Å². The number of likely N-dealkylation sites (tertiary alicyclic amines) is 1. The molecule has 1 amide bonds. The first-order chi connectivity index (χ1) is 26.1. The molecule has 1 aliphatic carbocycles. The van der Waals surface area contributed by atoms with Crippen molar-refractivity contribution in [3.63, 3.8) is 0 Å². The minimum absolute atomic E-state index is 0.000368. The van der Waals surface area contributed by atoms with Crippen LogP contribution in [0.15, 0.2) is 59.7 Å². The summed E-state index contributed by atoms with van der Waals surface area (Å²) in [6.07, 6.45) is 7.27. The zero-order valence-corrected chi connectivity index (χ0v) is 32.9. The Balaban J connectivity index is 0.000000757. The summed E-state index contributed by atoms with van der Waals surface area (Å²) in [5, 5.41) is 36.3. The molecule has 6 N–H and O–H groups in total. The van der Waals surface area contributed by atoms with Gasteiger partial charge in [0.15, 0.2) is 21.3 Å². The van der Waals surface area contributed by atoms with E-state index in [2.05, 4.69) is 22.4 Å². The lowest BCUT2D eigenvalue weighted by Crippen LogP contribution is -2.52. The van der Waals surface area contributed by atoms with Crippen molar-refractivity contribution in [2.75, 3.05) is 64.2 Å². The van der Waals surface area contributed by atoms with Gasteiger partial charge < -0.3 is 40.7 Å². The fraction of sp³-hybridized carbons (Fsp3) is 0.459. The number of carbonyl (C=O) groups is 3. The van der Waals surface area contributed by atoms with Crippen LogP contribution in [0.4, 0.5) is 5.69 Å². The first-order valence-electron chi connectivity index (χ1n) is 17.6. The second-order valence-electron chi connectivity index (χ2n) is 13.2. The lowest BCUT2D eigenvalue weighted by atomic mass is 9.76. The normalized spacial score (nSPS) is 19.6. The Morgan fingerprint density at radius 3 is 2.16 bits per heavy atom. The van der Waals surface area contributed by atoms with E-state index in [1.165, 1.54) is 0 Å². The number of benzene rings is 2. The van der Waals surface area contributed by atoms with Crippen LogP contribution < -0.4 is 20.5 Å². The van der Waals surface area contributed by atoms with Crippen LogP contribution in [0.3, 0.4) is 0 Å². The number of allylic oxidation sites excluding steroid dienone is 2. The van der Waals surface area contributed by atoms with Gasteiger partial charge in [-0.05, 0) is 61.6 Å². The van der Waals surface area contributed by atoms with Crippen LogP contribution in [-0.4, -0.2) is 122 Å². The number of amides is 1. The van der Waals surface area contributed by atoms with Gasteiger partial charge in [0, 0.05) is 56.4 Å². The lowest BCUT2D eigenvalue weighted by Gasteiger charge is -2.42. The molecule has 3 atom stereocenters. The number of nitrogens with zero attached hydrogens (tertiary/aromatic N) is 3. The molecule has 0 spiro atoms. The van der Waals surface area contributed by atoms with E-state index in [0.717, 1.165) is 17.7 Å². The Hall–Kier alpha value is -4.19. The van der Waals surface area contributed by atoms with Crippen molar-refractivity contribution in [2.24, 2.45) is 16.9 Å². The standard InChI is InChI=1S/C33H43Cl2N5O6S.C4H4O4/c1-45-29-8-7-21(19-30(29)46-2)32-24-5-3-4-6-25(24)33(42)40(38-32)23-9-12-39(13-10-23)14-16-47(43,44)15-11-37-20-28(41)22-17-26(34)31(36)27(35)18-22;5-3(6)1-2-4(7)8/h3-4,7-8,17-19,23-25,28,37,41H,5-6,9-16,20,36H2,1-2H3;1-2H,(H,5,6)(H,7,8)/b;2-1+/t24-,25+,28?;/m0./s1. The number of halogens is 2. The van der Waals surface area contributed by atoms with Gasteiger partial charge in [-0.3, -0.25) is 4.79 Å². The third kappa shape index (κ3) is 12.1. The average Bonchev–Trinajstić information content (AvgIpc) is 3.17. The summed E-state index contributed by atoms with van der Waals surface area (Å²) < 4.78 is 36.5. The number of anilines is 1. The molecule has 5 rings (SSSR count). The van der Waals surface area contributed by atoms with Crippen LogP contribution >= 0.6 is 23.2 Å². The van der Waals surface area contributed by atoms with Crippen LogP contribution in [0.1, 0.15) is 42.9 Å². The molecule has 18 heteroatoms. The van der Waals surface area contributed by atoms with Crippen LogP contribution in [0.5, 0.6) is 11.5 Å². The number of piperidine rings is 1. The number of sulfone groups is 1. The molecule has 1 saturated heterocycles. The second-order valence-corrected chi connectivity index (χ2v) is 16.4. The number of nitrogens with one attached hydrogen (secondary N) is 1. The Morgan fingerprint density at radius 1 is 0.982 bits per heavy atom. The van der Waals surface area contributed by atoms with E-state index < -0.39 is 27.9 Å². The number of carboxylic acid groups (broad SMARTS) is 2. The van der Waals surface area contributed by atoms with E-state index in [-0.39, 0.29) is 64.1 Å². The number of hydrazone groups is 1. The zero-order chi connectivity index (χ0) is 40.3. The Bertz CT molecular complexity index is 1860. The highest BCUT2D eigenvalue weighted by Gasteiger charge is 2.43. The number of nitrogens with two attached hydrogens (primary N) is 1. The summed E-state index contributed by atoms with van der Waals surface area (Å²) in [5.74, 6) is -1.39. The molecule has 1 unspecified atom stereocenters. The number of ether oxygens (including phenoxy) is 2. The molecule has 3 aliphatic rings. The summed E-state index contributed by atoms with van der Waals surface area (Å²) in [5.41, 5.74) is 8.29. The third-order valence-corrected chi connectivity index (χ3v) is 11.9. The number of nitrogen functional groups attached to an aromatic ring is 1. The molecule has 2 aromatic rings. The summed E-state index contributed by atoms with van der Waals surface area (Å²) in [7, 11) is -0.120. The molecule has 55 heavy (non-hydrogen) atoms. The van der Waals surface area contributed by atoms with Crippen molar-refractivity contribution < 1.29 is 47.6 Å². The van der Waals surface area contributed by atoms with Gasteiger partial charge in [0.2, 0.25) is 5.91 Å². The first-order valence-corrected chi connectivity index (χ1v) is 20.2. The van der Waals surface area contributed by atoms with E-state index in [9.17, 15) is 27.9 Å². The highest BCUT2D eigenvalue weighted by atomic mass is 35.5. The number of hydrogen-bond donors (Lipinski definition) is 5. The molecule has 0 bridgehead atoms. The van der Waals surface area contributed by atoms with Gasteiger partial charge in [0.05, 0.1) is 65.2 Å². The predicted octanol–water partition coefficient (Wildman–Crippen LogP) is 3.64. The number of carboxylic acids is 2. The average molecular weight is 825 g/mol. The summed E-state index contributed by atoms with van der Waals surface area (Å²) in [4.78, 5) is 34.9. The molecule has 2 aliphatic heterocycles. The maximum atomic E-state index is 13.7. The molecule has 1 fully saturated rings. The second kappa shape index (κ2) is 20.1. The molecule has 2 heterocycles. The van der Waals surface area contributed by atoms with Crippen LogP contribution in [0.2, 0.25) is 10.0 Å². The number of rotatable bonds is 15. The predicted molar refractivity (Wildman–Crippen MR) is 210 cm³/mol. The molecule has 15 nitrogen and oxygen atoms in total. The number of fused-ring (bicyclic) bond motifs is 1. The largest absolute Gasteiger partial charge is 0.493 e. The smallest absolute Gasteiger partial charge is 0.328 e. The van der Waals surface area contributed by atoms with Gasteiger partial charge >= 0.3 is 11.9 Å². The van der Waals surface area contributed by atoms with Crippen molar-refractivity contribution >= 4 is 62.3 Å². The Labute approximate surface area is 330 Å². The third-order valence-electron chi connectivity index (χ3n) is 9.63. The van der Waals surface area contributed by atoms with Gasteiger partial charge in [-0.2, -0.15) is 5.10 Å². The number of hydrogen-bond acceptors (Lipinski definition) is 12. The SMILES string of the molecule is COc1ccc(C2=NN(C3CCN(CCS(=O)(=O)CCNCC(O)c4cc(Cl)c(N)c(Cl)c4)CC3)C(=O)[C@@H]3CC=CC[C@H]23)cc1OC.O=C(O)/C=C/C(=O)O. The van der Waals surface area contributed by atoms with Crippen LogP contribution in [0, 0.1) is 11.8 Å². The Kier molecular flexibility index (Phi) is 15.9. The molecule has 2 aromatic carbocycles. The minimum atomic E-state index is -3.32. The molecular weight excluding hydrogens is 777 g/mol. The van der Waals surface area contributed by atoms with Gasteiger partial charge in [-0.15, -0.1) is 0 Å². The maximum absolute atomic E-state index is 13.7. The molecule has 0 aromatic heterocycles. The monoisotopic (exact) mass is 823 g/mol. The molecule has 0 radical (unpaired) electrons. The maximum Gasteiger partial charge on any atom is 0.328 e. The zero-order valence-electron chi connectivity index (χ0n) is 30.6. The van der Waals surface area contributed by atoms with Crippen molar-refractivity contribution in [1.82, 2.24) is 15.2 Å². The number of carbonyl (C=O) groups excluding carboxylic acids is 1. The number of aliphatic hydroxyl groups excluding tert-OH is 1. The first kappa shape index (κ1) is 43.5. The van der Waals surface area contributed by atoms with Gasteiger partial charge in [-0.1, -0.05) is 35.4 Å². The van der Waals surface area contributed by atoms with E-state index in [0.29, 0.717) is 68.1 Å². The minimum Gasteiger partial charge on any atom is -0.493 e. The van der Waals surface area contributed by atoms with E-state index in [1.54, 1.807) is 31.4 Å². The highest BCUT2D eigenvalue weighted by molar-refractivity contribution is 7.91. The van der Waals surface area contributed by atoms with E-state index in [1.807, 2.05) is 18.2 Å². The van der Waals surface area contributed by atoms with Crippen molar-refractivity contribution in [3.8, 4) is 11.5 Å². The number of aliphatic hydroxyl groups is 1. The van der Waals surface area contributed by atoms with Crippen molar-refractivity contribution in [2.45, 2.75) is 37.8 Å². The topological polar surface area (TPSA) is 221 Å². The number of methoxy groups -OCH3 is 2. The van der Waals surface area contributed by atoms with Gasteiger partial charge in [0.1, 0.15) is 0 Å². The summed E-state index contributed by atoms with van der Waals surface area (Å²) in [6.45, 7) is 2.12. The molecule has 300 valence electrons. The summed E-state index contributed by atoms with van der Waals surface area (Å²) in [6, 6.07) is 8.79. The van der Waals surface area contributed by atoms with Crippen LogP contribution in [-0.2, 0) is 24.2 Å². The quantitative estimate of drug-likeness (QED) is 0.0751. The highest BCUT2D eigenvalue weighted by Crippen LogP contribution is 2.38. The van der Waals surface area contributed by atoms with E-state index in [4.69, 9.17) is 53.7 Å². The van der Waals surface area contributed by atoms with Crippen molar-refractivity contribution in [3.05, 3.63) is 75.8 Å².